The molecule has 0 radical (unpaired) electrons. The first-order chi connectivity index (χ1) is 5.77. The maximum atomic E-state index is 12.5. The Morgan fingerprint density at radius 1 is 1.42 bits per heavy atom. The molecule has 2 nitrogen and oxygen atoms in total. The molecule has 1 N–H and O–H groups in total. The van der Waals surface area contributed by atoms with Crippen molar-refractivity contribution in [3.63, 3.8) is 0 Å². The van der Waals surface area contributed by atoms with Crippen molar-refractivity contribution in [3.8, 4) is 0 Å². The standard InChI is InChI=1S/C9H11FO2/c1-12-9(6-11)7-2-4-8(10)5-3-7/h2-5,9,11H,6H2,1H3/t9-/m0/s1. The van der Waals surface area contributed by atoms with Crippen LogP contribution >= 0.6 is 0 Å². The van der Waals surface area contributed by atoms with Gasteiger partial charge in [0.05, 0.1) is 6.61 Å². The first-order valence-electron chi connectivity index (χ1n) is 3.67. The number of ether oxygens (including phenoxy) is 1. The van der Waals surface area contributed by atoms with E-state index in [0.717, 1.165) is 5.56 Å². The molecule has 0 aromatic heterocycles. The van der Waals surface area contributed by atoms with E-state index < -0.39 is 0 Å². The monoisotopic (exact) mass is 170 g/mol. The Labute approximate surface area is 70.6 Å². The molecule has 1 atom stereocenters. The molecule has 0 aliphatic heterocycles. The summed E-state index contributed by atoms with van der Waals surface area (Å²) in [6.07, 6.45) is -0.356. The zero-order valence-electron chi connectivity index (χ0n) is 6.83. The number of methoxy groups -OCH3 is 1. The summed E-state index contributed by atoms with van der Waals surface area (Å²) in [6, 6.07) is 5.88. The van der Waals surface area contributed by atoms with E-state index in [1.54, 1.807) is 12.1 Å². The van der Waals surface area contributed by atoms with Gasteiger partial charge in [0.2, 0.25) is 0 Å². The highest BCUT2D eigenvalue weighted by atomic mass is 19.1. The van der Waals surface area contributed by atoms with Crippen molar-refractivity contribution < 1.29 is 14.2 Å². The van der Waals surface area contributed by atoms with Crippen LogP contribution in [0.2, 0.25) is 0 Å². The average molecular weight is 170 g/mol. The van der Waals surface area contributed by atoms with E-state index in [1.807, 2.05) is 0 Å². The van der Waals surface area contributed by atoms with E-state index in [-0.39, 0.29) is 18.5 Å². The summed E-state index contributed by atoms with van der Waals surface area (Å²) in [7, 11) is 1.50. The van der Waals surface area contributed by atoms with Gasteiger partial charge in [-0.25, -0.2) is 4.39 Å². The Kier molecular flexibility index (Phi) is 3.19. The van der Waals surface area contributed by atoms with Crippen LogP contribution in [0.25, 0.3) is 0 Å². The molecule has 0 fully saturated rings. The lowest BCUT2D eigenvalue weighted by molar-refractivity contribution is 0.0484. The average Bonchev–Trinajstić information content (AvgIpc) is 2.10. The van der Waals surface area contributed by atoms with E-state index in [0.29, 0.717) is 0 Å². The summed E-state index contributed by atoms with van der Waals surface area (Å²) in [6.45, 7) is -0.0951. The molecular weight excluding hydrogens is 159 g/mol. The molecule has 3 heteroatoms. The fourth-order valence-corrected chi connectivity index (χ4v) is 0.993. The largest absolute Gasteiger partial charge is 0.393 e. The lowest BCUT2D eigenvalue weighted by atomic mass is 10.1. The van der Waals surface area contributed by atoms with Gasteiger partial charge in [-0.2, -0.15) is 0 Å². The van der Waals surface area contributed by atoms with Gasteiger partial charge in [0.15, 0.2) is 0 Å². The van der Waals surface area contributed by atoms with E-state index in [4.69, 9.17) is 9.84 Å². The van der Waals surface area contributed by atoms with Crippen molar-refractivity contribution >= 4 is 0 Å². The number of halogens is 1. The third-order valence-electron chi connectivity index (χ3n) is 1.69. The third kappa shape index (κ3) is 2.03. The van der Waals surface area contributed by atoms with Crippen molar-refractivity contribution in [2.75, 3.05) is 13.7 Å². The number of hydrogen-bond donors (Lipinski definition) is 1. The summed E-state index contributed by atoms with van der Waals surface area (Å²) in [4.78, 5) is 0. The van der Waals surface area contributed by atoms with Gasteiger partial charge < -0.3 is 9.84 Å². The van der Waals surface area contributed by atoms with E-state index >= 15 is 0 Å². The maximum Gasteiger partial charge on any atom is 0.123 e. The highest BCUT2D eigenvalue weighted by molar-refractivity contribution is 5.18. The third-order valence-corrected chi connectivity index (χ3v) is 1.69. The van der Waals surface area contributed by atoms with Gasteiger partial charge in [-0.3, -0.25) is 0 Å². The maximum absolute atomic E-state index is 12.5. The Hall–Kier alpha value is -0.930. The molecule has 1 aromatic carbocycles. The molecule has 0 saturated heterocycles. The van der Waals surface area contributed by atoms with Crippen LogP contribution in [0.5, 0.6) is 0 Å². The number of rotatable bonds is 3. The minimum Gasteiger partial charge on any atom is -0.393 e. The van der Waals surface area contributed by atoms with Gasteiger partial charge in [0, 0.05) is 7.11 Å². The van der Waals surface area contributed by atoms with Crippen LogP contribution < -0.4 is 0 Å². The lowest BCUT2D eigenvalue weighted by Gasteiger charge is -2.11. The fourth-order valence-electron chi connectivity index (χ4n) is 0.993. The van der Waals surface area contributed by atoms with Crippen LogP contribution in [0.3, 0.4) is 0 Å². The van der Waals surface area contributed by atoms with Crippen LogP contribution in [0.15, 0.2) is 24.3 Å². The van der Waals surface area contributed by atoms with Crippen molar-refractivity contribution in [2.24, 2.45) is 0 Å². The normalized spacial score (nSPS) is 12.9. The van der Waals surface area contributed by atoms with Crippen LogP contribution in [0.4, 0.5) is 4.39 Å². The molecule has 0 spiro atoms. The van der Waals surface area contributed by atoms with E-state index in [1.165, 1.54) is 19.2 Å². The number of hydrogen-bond acceptors (Lipinski definition) is 2. The van der Waals surface area contributed by atoms with Crippen molar-refractivity contribution in [1.82, 2.24) is 0 Å². The first-order valence-corrected chi connectivity index (χ1v) is 3.67. The van der Waals surface area contributed by atoms with Crippen LogP contribution in [0, 0.1) is 5.82 Å². The topological polar surface area (TPSA) is 29.5 Å². The minimum absolute atomic E-state index is 0.0951. The second-order valence-corrected chi connectivity index (χ2v) is 2.46. The summed E-state index contributed by atoms with van der Waals surface area (Å²) in [5.41, 5.74) is 0.779. The second kappa shape index (κ2) is 4.18. The molecule has 1 rings (SSSR count). The Bertz CT molecular complexity index is 229. The van der Waals surface area contributed by atoms with Crippen LogP contribution in [-0.4, -0.2) is 18.8 Å². The molecule has 0 heterocycles. The minimum atomic E-state index is -0.356. The Morgan fingerprint density at radius 3 is 2.42 bits per heavy atom. The summed E-state index contributed by atoms with van der Waals surface area (Å²) >= 11 is 0. The summed E-state index contributed by atoms with van der Waals surface area (Å²) in [5, 5.41) is 8.83. The summed E-state index contributed by atoms with van der Waals surface area (Å²) < 4.78 is 17.4. The molecule has 0 saturated carbocycles. The molecule has 66 valence electrons. The van der Waals surface area contributed by atoms with Crippen molar-refractivity contribution in [3.05, 3.63) is 35.6 Å². The van der Waals surface area contributed by atoms with Crippen molar-refractivity contribution in [1.29, 1.82) is 0 Å². The predicted octanol–water partition coefficient (Wildman–Crippen LogP) is 1.51. The van der Waals surface area contributed by atoms with E-state index in [2.05, 4.69) is 0 Å². The highest BCUT2D eigenvalue weighted by Gasteiger charge is 2.07. The molecule has 0 unspecified atom stereocenters. The number of aliphatic hydroxyl groups excluding tert-OH is 1. The fraction of sp³-hybridized carbons (Fsp3) is 0.333. The predicted molar refractivity (Wildman–Crippen MR) is 43.2 cm³/mol. The molecule has 1 aromatic rings. The van der Waals surface area contributed by atoms with E-state index in [9.17, 15) is 4.39 Å². The van der Waals surface area contributed by atoms with Crippen LogP contribution in [-0.2, 0) is 4.74 Å². The number of benzene rings is 1. The zero-order valence-corrected chi connectivity index (χ0v) is 6.83. The van der Waals surface area contributed by atoms with Gasteiger partial charge in [0.1, 0.15) is 11.9 Å². The summed E-state index contributed by atoms with van der Waals surface area (Å²) in [5.74, 6) is -0.286. The molecule has 12 heavy (non-hydrogen) atoms. The molecule has 0 bridgehead atoms. The van der Waals surface area contributed by atoms with Gasteiger partial charge in [-0.1, -0.05) is 12.1 Å². The molecule has 0 aliphatic rings. The highest BCUT2D eigenvalue weighted by Crippen LogP contribution is 2.15. The van der Waals surface area contributed by atoms with Crippen molar-refractivity contribution in [2.45, 2.75) is 6.10 Å². The van der Waals surface area contributed by atoms with Crippen LogP contribution in [0.1, 0.15) is 11.7 Å². The van der Waals surface area contributed by atoms with Gasteiger partial charge >= 0.3 is 0 Å². The van der Waals surface area contributed by atoms with Gasteiger partial charge in [-0.15, -0.1) is 0 Å². The Balaban J connectivity index is 2.80. The Morgan fingerprint density at radius 2 is 2.00 bits per heavy atom. The zero-order chi connectivity index (χ0) is 8.97. The quantitative estimate of drug-likeness (QED) is 0.745. The van der Waals surface area contributed by atoms with Gasteiger partial charge in [0.25, 0.3) is 0 Å². The molecular formula is C9H11FO2. The first kappa shape index (κ1) is 9.16. The van der Waals surface area contributed by atoms with Gasteiger partial charge in [-0.05, 0) is 17.7 Å². The SMILES string of the molecule is CO[C@@H](CO)c1ccc(F)cc1. The molecule has 0 amide bonds. The smallest absolute Gasteiger partial charge is 0.123 e. The lowest BCUT2D eigenvalue weighted by Crippen LogP contribution is -2.05. The molecule has 0 aliphatic carbocycles. The number of aliphatic hydroxyl groups is 1. The second-order valence-electron chi connectivity index (χ2n) is 2.46.